The number of methoxy groups -OCH3 is 1. The first-order valence-electron chi connectivity index (χ1n) is 11.0. The van der Waals surface area contributed by atoms with Gasteiger partial charge in [-0.25, -0.2) is 4.98 Å². The number of hydrogen-bond acceptors (Lipinski definition) is 3. The summed E-state index contributed by atoms with van der Waals surface area (Å²) in [6.45, 7) is 2.63. The third-order valence-electron chi connectivity index (χ3n) is 5.93. The molecule has 0 radical (unpaired) electrons. The number of ether oxygens (including phenoxy) is 1. The zero-order valence-electron chi connectivity index (χ0n) is 18.7. The summed E-state index contributed by atoms with van der Waals surface area (Å²) in [6, 6.07) is 29.9. The number of fused-ring (bicyclic) bond motifs is 2. The summed E-state index contributed by atoms with van der Waals surface area (Å²) in [5.74, 6) is 1.17. The maximum Gasteiger partial charge on any atom is 0.255 e. The Morgan fingerprint density at radius 1 is 0.939 bits per heavy atom. The number of nitrogens with one attached hydrogen (secondary N) is 1. The molecule has 5 heteroatoms. The van der Waals surface area contributed by atoms with Gasteiger partial charge in [-0.2, -0.15) is 0 Å². The molecule has 0 aliphatic heterocycles. The Labute approximate surface area is 192 Å². The molecule has 4 aromatic carbocycles. The van der Waals surface area contributed by atoms with Gasteiger partial charge in [0.2, 0.25) is 0 Å². The van der Waals surface area contributed by atoms with Gasteiger partial charge in [0.25, 0.3) is 5.91 Å². The Kier molecular flexibility index (Phi) is 5.53. The fourth-order valence-corrected chi connectivity index (χ4v) is 4.28. The van der Waals surface area contributed by atoms with Crippen molar-refractivity contribution in [1.82, 2.24) is 14.9 Å². The molecule has 0 spiro atoms. The second-order valence-electron chi connectivity index (χ2n) is 8.12. The van der Waals surface area contributed by atoms with E-state index in [4.69, 9.17) is 9.72 Å². The van der Waals surface area contributed by atoms with Gasteiger partial charge < -0.3 is 14.6 Å². The lowest BCUT2D eigenvalue weighted by atomic mass is 10.1. The largest absolute Gasteiger partial charge is 0.496 e. The maximum atomic E-state index is 13.0. The number of rotatable bonds is 6. The van der Waals surface area contributed by atoms with Crippen molar-refractivity contribution in [2.24, 2.45) is 0 Å². The van der Waals surface area contributed by atoms with E-state index in [1.807, 2.05) is 37.3 Å². The van der Waals surface area contributed by atoms with Crippen LogP contribution in [0, 0.1) is 0 Å². The van der Waals surface area contributed by atoms with E-state index >= 15 is 0 Å². The van der Waals surface area contributed by atoms with Crippen LogP contribution >= 0.6 is 0 Å². The van der Waals surface area contributed by atoms with Gasteiger partial charge in [-0.15, -0.1) is 0 Å². The number of benzene rings is 4. The summed E-state index contributed by atoms with van der Waals surface area (Å²) in [7, 11) is 1.57. The molecule has 0 saturated heterocycles. The van der Waals surface area contributed by atoms with Crippen LogP contribution in [0.15, 0.2) is 91.0 Å². The molecule has 1 N–H and O–H groups in total. The molecule has 5 nitrogen and oxygen atoms in total. The lowest BCUT2D eigenvalue weighted by molar-refractivity contribution is 0.0934. The predicted molar refractivity (Wildman–Crippen MR) is 132 cm³/mol. The molecular weight excluding hydrogens is 410 g/mol. The summed E-state index contributed by atoms with van der Waals surface area (Å²) < 4.78 is 7.55. The lowest BCUT2D eigenvalue weighted by Crippen LogP contribution is -2.29. The van der Waals surface area contributed by atoms with E-state index in [2.05, 4.69) is 58.4 Å². The van der Waals surface area contributed by atoms with Gasteiger partial charge in [0.1, 0.15) is 11.6 Å². The summed E-state index contributed by atoms with van der Waals surface area (Å²) in [5.41, 5.74) is 3.64. The van der Waals surface area contributed by atoms with Crippen LogP contribution in [0.4, 0.5) is 0 Å². The monoisotopic (exact) mass is 435 g/mol. The first-order valence-corrected chi connectivity index (χ1v) is 11.0. The molecule has 164 valence electrons. The average Bonchev–Trinajstić information content (AvgIpc) is 3.22. The Bertz CT molecular complexity index is 1450. The van der Waals surface area contributed by atoms with Crippen LogP contribution in [0.25, 0.3) is 21.8 Å². The highest BCUT2D eigenvalue weighted by atomic mass is 16.5. The molecular formula is C28H25N3O2. The van der Waals surface area contributed by atoms with Gasteiger partial charge >= 0.3 is 0 Å². The van der Waals surface area contributed by atoms with Gasteiger partial charge in [-0.3, -0.25) is 4.79 Å². The third-order valence-corrected chi connectivity index (χ3v) is 5.93. The topological polar surface area (TPSA) is 56.1 Å². The number of amides is 1. The van der Waals surface area contributed by atoms with E-state index in [-0.39, 0.29) is 11.9 Å². The number of imidazole rings is 1. The van der Waals surface area contributed by atoms with Crippen LogP contribution in [0.3, 0.4) is 0 Å². The highest BCUT2D eigenvalue weighted by Crippen LogP contribution is 2.25. The molecule has 0 bridgehead atoms. The summed E-state index contributed by atoms with van der Waals surface area (Å²) in [5, 5.41) is 5.53. The number of carbonyl (C=O) groups is 1. The number of aromatic nitrogens is 2. The minimum absolute atomic E-state index is 0.190. The Morgan fingerprint density at radius 2 is 1.67 bits per heavy atom. The predicted octanol–water partition coefficient (Wildman–Crippen LogP) is 5.74. The van der Waals surface area contributed by atoms with Gasteiger partial charge in [0, 0.05) is 6.54 Å². The SMILES string of the molecule is COc1ccccc1C(=O)NC(C)c1nc2ccccc2n1Cc1ccc2ccccc2c1. The van der Waals surface area contributed by atoms with Crippen molar-refractivity contribution >= 4 is 27.7 Å². The van der Waals surface area contributed by atoms with E-state index in [1.54, 1.807) is 19.2 Å². The molecule has 5 aromatic rings. The summed E-state index contributed by atoms with van der Waals surface area (Å²) in [6.07, 6.45) is 0. The fraction of sp³-hybridized carbons (Fsp3) is 0.143. The van der Waals surface area contributed by atoms with Crippen LogP contribution in [0.2, 0.25) is 0 Å². The van der Waals surface area contributed by atoms with Crippen molar-refractivity contribution < 1.29 is 9.53 Å². The molecule has 0 aliphatic carbocycles. The maximum absolute atomic E-state index is 13.0. The molecule has 0 saturated carbocycles. The average molecular weight is 436 g/mol. The number of para-hydroxylation sites is 3. The summed E-state index contributed by atoms with van der Waals surface area (Å²) in [4.78, 5) is 17.9. The van der Waals surface area contributed by atoms with E-state index in [0.717, 1.165) is 16.9 Å². The normalized spacial score (nSPS) is 12.1. The first-order chi connectivity index (χ1) is 16.1. The highest BCUT2D eigenvalue weighted by Gasteiger charge is 2.21. The first kappa shape index (κ1) is 20.8. The van der Waals surface area contributed by atoms with Crippen LogP contribution < -0.4 is 10.1 Å². The van der Waals surface area contributed by atoms with E-state index in [9.17, 15) is 4.79 Å². The second kappa shape index (κ2) is 8.79. The van der Waals surface area contributed by atoms with Gasteiger partial charge in [-0.05, 0) is 53.6 Å². The molecule has 5 rings (SSSR count). The number of hydrogen-bond donors (Lipinski definition) is 1. The molecule has 1 unspecified atom stereocenters. The number of carbonyl (C=O) groups excluding carboxylic acids is 1. The highest BCUT2D eigenvalue weighted by molar-refractivity contribution is 5.97. The Morgan fingerprint density at radius 3 is 2.52 bits per heavy atom. The van der Waals surface area contributed by atoms with Crippen LogP contribution in [-0.2, 0) is 6.54 Å². The van der Waals surface area contributed by atoms with Gasteiger partial charge in [-0.1, -0.05) is 60.7 Å². The van der Waals surface area contributed by atoms with Crippen LogP contribution in [0.1, 0.15) is 34.7 Å². The van der Waals surface area contributed by atoms with E-state index in [0.29, 0.717) is 17.9 Å². The third kappa shape index (κ3) is 4.05. The zero-order chi connectivity index (χ0) is 22.8. The molecule has 1 atom stereocenters. The van der Waals surface area contributed by atoms with Crippen molar-refractivity contribution in [1.29, 1.82) is 0 Å². The quantitative estimate of drug-likeness (QED) is 0.370. The smallest absolute Gasteiger partial charge is 0.255 e. The fourth-order valence-electron chi connectivity index (χ4n) is 4.28. The van der Waals surface area contributed by atoms with Crippen LogP contribution in [0.5, 0.6) is 5.75 Å². The summed E-state index contributed by atoms with van der Waals surface area (Å²) >= 11 is 0. The van der Waals surface area contributed by atoms with Crippen molar-refractivity contribution in [3.63, 3.8) is 0 Å². The standard InChI is InChI=1S/C28H25N3O2/c1-19(29-28(32)23-11-5-8-14-26(23)33-2)27-30-24-12-6-7-13-25(24)31(27)18-20-15-16-21-9-3-4-10-22(21)17-20/h3-17,19H,18H2,1-2H3,(H,29,32). The second-order valence-corrected chi connectivity index (χ2v) is 8.12. The van der Waals surface area contributed by atoms with Gasteiger partial charge in [0.15, 0.2) is 0 Å². The van der Waals surface area contributed by atoms with Crippen molar-refractivity contribution in [3.8, 4) is 5.75 Å². The lowest BCUT2D eigenvalue weighted by Gasteiger charge is -2.17. The molecule has 33 heavy (non-hydrogen) atoms. The minimum atomic E-state index is -0.296. The number of nitrogens with zero attached hydrogens (tertiary/aromatic N) is 2. The van der Waals surface area contributed by atoms with Crippen LogP contribution in [-0.4, -0.2) is 22.6 Å². The van der Waals surface area contributed by atoms with Crippen molar-refractivity contribution in [3.05, 3.63) is 108 Å². The molecule has 1 amide bonds. The van der Waals surface area contributed by atoms with E-state index < -0.39 is 0 Å². The van der Waals surface area contributed by atoms with Crippen molar-refractivity contribution in [2.75, 3.05) is 7.11 Å². The molecule has 0 fully saturated rings. The molecule has 1 aromatic heterocycles. The molecule has 1 heterocycles. The molecule has 0 aliphatic rings. The zero-order valence-corrected chi connectivity index (χ0v) is 18.7. The minimum Gasteiger partial charge on any atom is -0.496 e. The Balaban J connectivity index is 1.50. The van der Waals surface area contributed by atoms with Gasteiger partial charge in [0.05, 0.1) is 29.7 Å². The van der Waals surface area contributed by atoms with Crippen molar-refractivity contribution in [2.45, 2.75) is 19.5 Å². The van der Waals surface area contributed by atoms with E-state index in [1.165, 1.54) is 16.3 Å². The Hall–Kier alpha value is -4.12.